The number of nitrogens with zero attached hydrogens (tertiary/aromatic N) is 4. The molecule has 0 amide bonds. The predicted octanol–water partition coefficient (Wildman–Crippen LogP) is 12.0. The van der Waals surface area contributed by atoms with Gasteiger partial charge < -0.3 is 4.74 Å². The average molecular weight is 715 g/mol. The van der Waals surface area contributed by atoms with E-state index in [1.54, 1.807) is 0 Å². The molecule has 1 spiro atoms. The largest absolute Gasteiger partial charge is 0.457 e. The van der Waals surface area contributed by atoms with Crippen LogP contribution in [0.3, 0.4) is 0 Å². The van der Waals surface area contributed by atoms with Crippen molar-refractivity contribution in [1.82, 2.24) is 15.0 Å². The number of para-hydroxylation sites is 1. The third-order valence-electron chi connectivity index (χ3n) is 11.2. The first kappa shape index (κ1) is 31.8. The number of ether oxygens (including phenoxy) is 1. The van der Waals surface area contributed by atoms with E-state index in [1.807, 2.05) is 60.7 Å². The summed E-state index contributed by atoms with van der Waals surface area (Å²) in [7, 11) is 0. The van der Waals surface area contributed by atoms with Crippen molar-refractivity contribution in [1.29, 1.82) is 5.26 Å². The van der Waals surface area contributed by atoms with E-state index in [0.29, 0.717) is 23.0 Å². The highest BCUT2D eigenvalue weighted by atomic mass is 16.5. The zero-order valence-electron chi connectivity index (χ0n) is 30.0. The monoisotopic (exact) mass is 714 g/mol. The third kappa shape index (κ3) is 4.83. The Morgan fingerprint density at radius 3 is 1.77 bits per heavy atom. The lowest BCUT2D eigenvalue weighted by molar-refractivity contribution is 0.436. The van der Waals surface area contributed by atoms with Crippen molar-refractivity contribution in [2.24, 2.45) is 0 Å². The molecule has 2 heterocycles. The van der Waals surface area contributed by atoms with E-state index in [4.69, 9.17) is 19.7 Å². The standard InChI is InChI=1S/C51H30N4O/c52-31-32-18-20-34(21-19-32)37-25-27-47-45(29-37)51(43-16-8-9-17-46(43)56-47)42-15-7-6-14-40(42)41-26-24-39(30-44(41)51)50-54-48(35-11-2-1-3-12-35)53-49(55-50)38-23-22-33-10-4-5-13-36(33)28-38/h1-30H. The summed E-state index contributed by atoms with van der Waals surface area (Å²) in [5.41, 5.74) is 11.5. The molecule has 1 atom stereocenters. The van der Waals surface area contributed by atoms with Crippen molar-refractivity contribution < 1.29 is 4.74 Å². The normalized spacial score (nSPS) is 14.6. The Morgan fingerprint density at radius 1 is 0.393 bits per heavy atom. The SMILES string of the molecule is N#Cc1ccc(-c2ccc3c(c2)C2(c4ccccc4O3)c3ccccc3-c3ccc(-c4nc(-c5ccccc5)nc(-c5ccc6ccccc6c5)n4)cc32)cc1. The van der Waals surface area contributed by atoms with Crippen LogP contribution in [0.4, 0.5) is 0 Å². The molecule has 0 radical (unpaired) electrons. The molecule has 0 fully saturated rings. The second-order valence-corrected chi connectivity index (χ2v) is 14.3. The molecule has 2 aliphatic rings. The summed E-state index contributed by atoms with van der Waals surface area (Å²) in [6.07, 6.45) is 0. The lowest BCUT2D eigenvalue weighted by atomic mass is 9.65. The molecule has 1 aliphatic carbocycles. The zero-order chi connectivity index (χ0) is 37.2. The topological polar surface area (TPSA) is 71.7 Å². The van der Waals surface area contributed by atoms with E-state index in [2.05, 4.69) is 127 Å². The van der Waals surface area contributed by atoms with Gasteiger partial charge in [-0.2, -0.15) is 5.26 Å². The number of hydrogen-bond donors (Lipinski definition) is 0. The molecule has 0 bridgehead atoms. The second kappa shape index (κ2) is 12.4. The number of fused-ring (bicyclic) bond motifs is 10. The van der Waals surface area contributed by atoms with Crippen LogP contribution in [0.1, 0.15) is 27.8 Å². The summed E-state index contributed by atoms with van der Waals surface area (Å²) >= 11 is 0. The maximum atomic E-state index is 9.49. The lowest BCUT2D eigenvalue weighted by Gasteiger charge is -2.39. The molecule has 1 unspecified atom stereocenters. The molecular formula is C51H30N4O. The molecule has 1 aromatic heterocycles. The molecule has 0 saturated heterocycles. The predicted molar refractivity (Wildman–Crippen MR) is 221 cm³/mol. The van der Waals surface area contributed by atoms with Crippen LogP contribution in [-0.2, 0) is 5.41 Å². The van der Waals surface area contributed by atoms with Crippen LogP contribution in [0, 0.1) is 11.3 Å². The van der Waals surface area contributed by atoms with E-state index in [1.165, 1.54) is 11.1 Å². The smallest absolute Gasteiger partial charge is 0.164 e. The van der Waals surface area contributed by atoms with Gasteiger partial charge in [0.1, 0.15) is 11.5 Å². The zero-order valence-corrected chi connectivity index (χ0v) is 30.0. The highest BCUT2D eigenvalue weighted by Gasteiger charge is 2.51. The summed E-state index contributed by atoms with van der Waals surface area (Å²) < 4.78 is 6.72. The molecule has 1 aliphatic heterocycles. The van der Waals surface area contributed by atoms with Gasteiger partial charge in [0.05, 0.1) is 17.0 Å². The fourth-order valence-electron chi connectivity index (χ4n) is 8.64. The highest BCUT2D eigenvalue weighted by Crippen LogP contribution is 2.62. The molecule has 8 aromatic carbocycles. The highest BCUT2D eigenvalue weighted by molar-refractivity contribution is 5.91. The molecule has 0 N–H and O–H groups in total. The molecule has 11 rings (SSSR count). The van der Waals surface area contributed by atoms with Gasteiger partial charge in [0.15, 0.2) is 17.5 Å². The van der Waals surface area contributed by atoms with Crippen LogP contribution in [-0.4, -0.2) is 15.0 Å². The Kier molecular flexibility index (Phi) is 7.07. The first-order valence-corrected chi connectivity index (χ1v) is 18.7. The fraction of sp³-hybridized carbons (Fsp3) is 0.0196. The summed E-state index contributed by atoms with van der Waals surface area (Å²) in [4.78, 5) is 15.4. The number of rotatable bonds is 4. The number of hydrogen-bond acceptors (Lipinski definition) is 5. The van der Waals surface area contributed by atoms with E-state index in [9.17, 15) is 5.26 Å². The Labute approximate surface area is 323 Å². The maximum Gasteiger partial charge on any atom is 0.164 e. The van der Waals surface area contributed by atoms with Gasteiger partial charge >= 0.3 is 0 Å². The average Bonchev–Trinajstić information content (AvgIpc) is 3.56. The van der Waals surface area contributed by atoms with Crippen molar-refractivity contribution in [2.75, 3.05) is 0 Å². The van der Waals surface area contributed by atoms with Gasteiger partial charge in [0.25, 0.3) is 0 Å². The number of nitriles is 1. The Balaban J connectivity index is 1.16. The van der Waals surface area contributed by atoms with Crippen LogP contribution < -0.4 is 4.74 Å². The van der Waals surface area contributed by atoms with Crippen molar-refractivity contribution in [3.8, 4) is 74.0 Å². The Hall–Kier alpha value is -7.68. The van der Waals surface area contributed by atoms with Gasteiger partial charge in [-0.15, -0.1) is 0 Å². The molecule has 5 heteroatoms. The van der Waals surface area contributed by atoms with E-state index in [-0.39, 0.29) is 0 Å². The number of benzene rings is 8. The summed E-state index contributed by atoms with van der Waals surface area (Å²) in [6, 6.07) is 65.0. The Morgan fingerprint density at radius 2 is 0.964 bits per heavy atom. The van der Waals surface area contributed by atoms with Gasteiger partial charge in [0, 0.05) is 27.8 Å². The number of aromatic nitrogens is 3. The van der Waals surface area contributed by atoms with E-state index in [0.717, 1.165) is 72.3 Å². The van der Waals surface area contributed by atoms with Gasteiger partial charge in [-0.05, 0) is 86.6 Å². The van der Waals surface area contributed by atoms with Crippen LogP contribution in [0.15, 0.2) is 182 Å². The quantitative estimate of drug-likeness (QED) is 0.181. The second-order valence-electron chi connectivity index (χ2n) is 14.3. The molecule has 5 nitrogen and oxygen atoms in total. The van der Waals surface area contributed by atoms with Crippen molar-refractivity contribution in [3.05, 3.63) is 210 Å². The minimum Gasteiger partial charge on any atom is -0.457 e. The summed E-state index contributed by atoms with van der Waals surface area (Å²) in [6.45, 7) is 0. The van der Waals surface area contributed by atoms with Crippen LogP contribution in [0.2, 0.25) is 0 Å². The molecule has 9 aromatic rings. The van der Waals surface area contributed by atoms with E-state index >= 15 is 0 Å². The van der Waals surface area contributed by atoms with Gasteiger partial charge in [-0.1, -0.05) is 140 Å². The summed E-state index contributed by atoms with van der Waals surface area (Å²) in [5.74, 6) is 3.46. The van der Waals surface area contributed by atoms with Crippen molar-refractivity contribution in [2.45, 2.75) is 5.41 Å². The van der Waals surface area contributed by atoms with Crippen LogP contribution in [0.25, 0.3) is 67.2 Å². The molecule has 260 valence electrons. The Bertz CT molecular complexity index is 3080. The van der Waals surface area contributed by atoms with Gasteiger partial charge in [0.2, 0.25) is 0 Å². The molecule has 0 saturated carbocycles. The first-order valence-electron chi connectivity index (χ1n) is 18.7. The van der Waals surface area contributed by atoms with Gasteiger partial charge in [-0.3, -0.25) is 0 Å². The van der Waals surface area contributed by atoms with Crippen molar-refractivity contribution >= 4 is 10.8 Å². The lowest BCUT2D eigenvalue weighted by Crippen LogP contribution is -2.32. The van der Waals surface area contributed by atoms with Crippen molar-refractivity contribution in [3.63, 3.8) is 0 Å². The minimum absolute atomic E-state index is 0.600. The third-order valence-corrected chi connectivity index (χ3v) is 11.2. The summed E-state index contributed by atoms with van der Waals surface area (Å²) in [5, 5.41) is 11.8. The molecule has 56 heavy (non-hydrogen) atoms. The molecular weight excluding hydrogens is 685 g/mol. The minimum atomic E-state index is -0.703. The fourth-order valence-corrected chi connectivity index (χ4v) is 8.64. The maximum absolute atomic E-state index is 9.49. The van der Waals surface area contributed by atoms with Crippen LogP contribution in [0.5, 0.6) is 11.5 Å². The first-order chi connectivity index (χ1) is 27.7. The van der Waals surface area contributed by atoms with E-state index < -0.39 is 5.41 Å². The van der Waals surface area contributed by atoms with Gasteiger partial charge in [-0.25, -0.2) is 15.0 Å². The van der Waals surface area contributed by atoms with Crippen LogP contribution >= 0.6 is 0 Å².